The Morgan fingerprint density at radius 3 is 2.30 bits per heavy atom. The highest BCUT2D eigenvalue weighted by Gasteiger charge is 2.76. The zero-order valence-electron chi connectivity index (χ0n) is 11.5. The van der Waals surface area contributed by atoms with Gasteiger partial charge in [-0.1, -0.05) is 36.7 Å². The van der Waals surface area contributed by atoms with Crippen molar-refractivity contribution in [2.45, 2.75) is 44.6 Å². The van der Waals surface area contributed by atoms with Crippen LogP contribution in [0.15, 0.2) is 0 Å². The minimum Gasteiger partial charge on any atom is -0.346 e. The van der Waals surface area contributed by atoms with Gasteiger partial charge >= 0.3 is 6.18 Å². The van der Waals surface area contributed by atoms with Gasteiger partial charge in [-0.15, -0.1) is 0 Å². The van der Waals surface area contributed by atoms with E-state index in [1.165, 1.54) is 0 Å². The molecule has 2 aliphatic carbocycles. The molecule has 0 radical (unpaired) electrons. The summed E-state index contributed by atoms with van der Waals surface area (Å²) >= 11 is 3.26. The quantitative estimate of drug-likeness (QED) is 0.774. The van der Waals surface area contributed by atoms with Crippen LogP contribution in [0.5, 0.6) is 0 Å². The summed E-state index contributed by atoms with van der Waals surface area (Å²) < 4.78 is 36.9. The average molecular weight is 356 g/mol. The van der Waals surface area contributed by atoms with Gasteiger partial charge in [0.25, 0.3) is 0 Å². The molecule has 0 heterocycles. The Hall–Kier alpha value is -0.590. The van der Waals surface area contributed by atoms with Crippen LogP contribution in [-0.2, 0) is 9.59 Å². The normalized spacial score (nSPS) is 39.1. The summed E-state index contributed by atoms with van der Waals surface area (Å²) in [6, 6.07) is 0. The molecule has 1 N–H and O–H groups in total. The highest BCUT2D eigenvalue weighted by molar-refractivity contribution is 9.10. The first kappa shape index (κ1) is 15.8. The number of fused-ring (bicyclic) bond motifs is 2. The molecule has 20 heavy (non-hydrogen) atoms. The van der Waals surface area contributed by atoms with E-state index in [0.717, 1.165) is 0 Å². The second kappa shape index (κ2) is 4.21. The fourth-order valence-corrected chi connectivity index (χ4v) is 5.31. The monoisotopic (exact) mass is 355 g/mol. The maximum Gasteiger partial charge on any atom is 0.405 e. The third-order valence-corrected chi connectivity index (χ3v) is 6.77. The minimum atomic E-state index is -4.46. The number of amides is 1. The van der Waals surface area contributed by atoms with Crippen LogP contribution in [-0.4, -0.2) is 29.2 Å². The van der Waals surface area contributed by atoms with Crippen molar-refractivity contribution in [3.05, 3.63) is 0 Å². The molecule has 2 aliphatic rings. The summed E-state index contributed by atoms with van der Waals surface area (Å²) in [6.45, 7) is 4.03. The van der Waals surface area contributed by atoms with Gasteiger partial charge in [-0.2, -0.15) is 13.2 Å². The number of alkyl halides is 4. The van der Waals surface area contributed by atoms with E-state index in [4.69, 9.17) is 0 Å². The molecule has 0 unspecified atom stereocenters. The fraction of sp³-hybridized carbons (Fsp3) is 0.846. The van der Waals surface area contributed by atoms with E-state index in [9.17, 15) is 22.8 Å². The van der Waals surface area contributed by atoms with Gasteiger partial charge in [0, 0.05) is 5.41 Å². The third kappa shape index (κ3) is 1.71. The average Bonchev–Trinajstić information content (AvgIpc) is 2.58. The predicted octanol–water partition coefficient (Wildman–Crippen LogP) is 2.82. The second-order valence-electron chi connectivity index (χ2n) is 6.45. The highest BCUT2D eigenvalue weighted by atomic mass is 79.9. The smallest absolute Gasteiger partial charge is 0.346 e. The molecule has 2 saturated carbocycles. The van der Waals surface area contributed by atoms with Crippen LogP contribution in [0.25, 0.3) is 0 Å². The number of carbonyl (C=O) groups excluding carboxylic acids is 2. The molecular formula is C13H17BrF3NO2. The van der Waals surface area contributed by atoms with Crippen molar-refractivity contribution >= 4 is 27.6 Å². The van der Waals surface area contributed by atoms with E-state index in [2.05, 4.69) is 15.9 Å². The molecule has 0 aromatic carbocycles. The fourth-order valence-electron chi connectivity index (χ4n) is 3.79. The van der Waals surface area contributed by atoms with Gasteiger partial charge in [0.05, 0.1) is 10.2 Å². The molecule has 2 rings (SSSR count). The Morgan fingerprint density at radius 2 is 1.90 bits per heavy atom. The maximum absolute atomic E-state index is 12.4. The summed E-state index contributed by atoms with van der Waals surface area (Å²) in [5.74, 6) is -0.771. The largest absolute Gasteiger partial charge is 0.405 e. The van der Waals surface area contributed by atoms with Gasteiger partial charge < -0.3 is 5.32 Å². The van der Waals surface area contributed by atoms with E-state index in [1.54, 1.807) is 20.8 Å². The van der Waals surface area contributed by atoms with Crippen LogP contribution in [0.1, 0.15) is 33.6 Å². The molecule has 0 aromatic heterocycles. The Labute approximate surface area is 123 Å². The Balaban J connectivity index is 2.34. The van der Waals surface area contributed by atoms with E-state index in [0.29, 0.717) is 12.8 Å². The van der Waals surface area contributed by atoms with Gasteiger partial charge in [0.15, 0.2) is 5.78 Å². The molecule has 2 bridgehead atoms. The zero-order chi connectivity index (χ0) is 15.6. The maximum atomic E-state index is 12.4. The van der Waals surface area contributed by atoms with Crippen molar-refractivity contribution < 1.29 is 22.8 Å². The van der Waals surface area contributed by atoms with Crippen LogP contribution in [0.3, 0.4) is 0 Å². The van der Waals surface area contributed by atoms with Crippen LogP contribution in [0.4, 0.5) is 13.2 Å². The third-order valence-electron chi connectivity index (χ3n) is 5.58. The summed E-state index contributed by atoms with van der Waals surface area (Å²) in [5.41, 5.74) is -2.46. The standard InChI is InChI=1S/C13H17BrF3NO2/c1-10(2)11(3)4-5-12(10,7(14)8(11)19)9(20)18-6-13(15,16)17/h7H,4-6H2,1-3H3,(H,18,20)/t7-,11-,12-/m1/s1. The van der Waals surface area contributed by atoms with E-state index in [1.807, 2.05) is 5.32 Å². The lowest BCUT2D eigenvalue weighted by Crippen LogP contribution is -2.52. The van der Waals surface area contributed by atoms with Crippen LogP contribution >= 0.6 is 15.9 Å². The Morgan fingerprint density at radius 1 is 1.35 bits per heavy atom. The number of ketones is 1. The molecule has 2 fully saturated rings. The number of hydrogen-bond donors (Lipinski definition) is 1. The van der Waals surface area contributed by atoms with E-state index < -0.39 is 39.7 Å². The molecule has 7 heteroatoms. The predicted molar refractivity (Wildman–Crippen MR) is 70.3 cm³/mol. The molecular weight excluding hydrogens is 339 g/mol. The molecule has 0 spiro atoms. The number of halogens is 4. The second-order valence-corrected chi connectivity index (χ2v) is 7.37. The first-order valence-electron chi connectivity index (χ1n) is 6.43. The van der Waals surface area contributed by atoms with Crippen molar-refractivity contribution in [2.24, 2.45) is 16.2 Å². The summed E-state index contributed by atoms with van der Waals surface area (Å²) in [6.07, 6.45) is -3.51. The molecule has 114 valence electrons. The summed E-state index contributed by atoms with van der Waals surface area (Å²) in [7, 11) is 0. The van der Waals surface area contributed by atoms with E-state index in [-0.39, 0.29) is 5.78 Å². The van der Waals surface area contributed by atoms with Gasteiger partial charge in [-0.05, 0) is 18.3 Å². The molecule has 3 atom stereocenters. The number of nitrogens with one attached hydrogen (secondary N) is 1. The number of rotatable bonds is 2. The van der Waals surface area contributed by atoms with Crippen molar-refractivity contribution in [2.75, 3.05) is 6.54 Å². The first-order chi connectivity index (χ1) is 8.90. The zero-order valence-corrected chi connectivity index (χ0v) is 13.1. The van der Waals surface area contributed by atoms with Gasteiger partial charge in [-0.3, -0.25) is 9.59 Å². The SMILES string of the molecule is CC1(C)[C@]2(C(=O)NCC(F)(F)F)CC[C@]1(C)C(=O)[C@H]2Br. The lowest BCUT2D eigenvalue weighted by Gasteiger charge is -2.39. The Bertz CT molecular complexity index is 477. The summed E-state index contributed by atoms with van der Waals surface area (Å²) in [5, 5.41) is 1.96. The van der Waals surface area contributed by atoms with Crippen LogP contribution < -0.4 is 5.32 Å². The highest BCUT2D eigenvalue weighted by Crippen LogP contribution is 2.72. The molecule has 0 aliphatic heterocycles. The summed E-state index contributed by atoms with van der Waals surface area (Å²) in [4.78, 5) is 24.0. The van der Waals surface area contributed by atoms with Crippen molar-refractivity contribution in [3.8, 4) is 0 Å². The van der Waals surface area contributed by atoms with Gasteiger partial charge in [0.1, 0.15) is 6.54 Å². The van der Waals surface area contributed by atoms with Crippen molar-refractivity contribution in [1.29, 1.82) is 0 Å². The minimum absolute atomic E-state index is 0.0871. The van der Waals surface area contributed by atoms with Crippen molar-refractivity contribution in [1.82, 2.24) is 5.32 Å². The molecule has 3 nitrogen and oxygen atoms in total. The first-order valence-corrected chi connectivity index (χ1v) is 7.35. The Kier molecular flexibility index (Phi) is 3.32. The van der Waals surface area contributed by atoms with Gasteiger partial charge in [-0.25, -0.2) is 0 Å². The lowest BCUT2D eigenvalue weighted by molar-refractivity contribution is -0.148. The van der Waals surface area contributed by atoms with E-state index >= 15 is 0 Å². The topological polar surface area (TPSA) is 46.2 Å². The molecule has 1 amide bonds. The van der Waals surface area contributed by atoms with Crippen LogP contribution in [0, 0.1) is 16.2 Å². The number of Topliss-reactive ketones (excluding diaryl/α,β-unsaturated/α-hetero) is 1. The van der Waals surface area contributed by atoms with Crippen molar-refractivity contribution in [3.63, 3.8) is 0 Å². The molecule has 0 aromatic rings. The van der Waals surface area contributed by atoms with Gasteiger partial charge in [0.2, 0.25) is 5.91 Å². The number of hydrogen-bond acceptors (Lipinski definition) is 2. The number of carbonyl (C=O) groups is 2. The molecule has 0 saturated heterocycles. The lowest BCUT2D eigenvalue weighted by atomic mass is 9.64. The van der Waals surface area contributed by atoms with Crippen LogP contribution in [0.2, 0.25) is 0 Å².